The Labute approximate surface area is 127 Å². The van der Waals surface area contributed by atoms with Crippen LogP contribution in [0, 0.1) is 0 Å². The molecule has 0 saturated carbocycles. The van der Waals surface area contributed by atoms with E-state index in [-0.39, 0.29) is 5.91 Å². The summed E-state index contributed by atoms with van der Waals surface area (Å²) in [7, 11) is 2.14. The molecule has 1 amide bonds. The first-order chi connectivity index (χ1) is 10.0. The molecule has 0 unspecified atom stereocenters. The molecule has 0 bridgehead atoms. The Bertz CT molecular complexity index is 419. The highest BCUT2D eigenvalue weighted by Gasteiger charge is 2.06. The molecule has 0 aliphatic rings. The number of nitrogens with one attached hydrogen (secondary N) is 2. The summed E-state index contributed by atoms with van der Waals surface area (Å²) in [5, 5.41) is 13.8. The zero-order valence-corrected chi connectivity index (χ0v) is 13.5. The van der Waals surface area contributed by atoms with Crippen LogP contribution in [0.25, 0.3) is 0 Å². The van der Waals surface area contributed by atoms with Gasteiger partial charge in [-0.2, -0.15) is 0 Å². The molecule has 0 spiro atoms. The number of hydrogen-bond acceptors (Lipinski definition) is 5. The third-order valence-corrected chi connectivity index (χ3v) is 3.36. The van der Waals surface area contributed by atoms with Crippen LogP contribution in [-0.4, -0.2) is 53.7 Å². The maximum atomic E-state index is 11.5. The molecule has 6 nitrogen and oxygen atoms in total. The first-order valence-electron chi connectivity index (χ1n) is 7.60. The molecule has 0 fully saturated rings. The van der Waals surface area contributed by atoms with E-state index in [9.17, 15) is 4.79 Å². The van der Waals surface area contributed by atoms with Gasteiger partial charge in [-0.3, -0.25) is 4.79 Å². The Morgan fingerprint density at radius 1 is 1.29 bits per heavy atom. The predicted molar refractivity (Wildman–Crippen MR) is 85.5 cm³/mol. The lowest BCUT2D eigenvalue weighted by Gasteiger charge is -2.20. The molecule has 0 aromatic carbocycles. The highest BCUT2D eigenvalue weighted by Crippen LogP contribution is 2.03. The number of aromatic nitrogens is 2. The van der Waals surface area contributed by atoms with Gasteiger partial charge in [-0.25, -0.2) is 0 Å². The van der Waals surface area contributed by atoms with Gasteiger partial charge in [-0.15, -0.1) is 10.2 Å². The highest BCUT2D eigenvalue weighted by atomic mass is 16.1. The number of carbonyl (C=O) groups excluding carboxylic acids is 1. The van der Waals surface area contributed by atoms with E-state index in [1.54, 1.807) is 12.1 Å². The van der Waals surface area contributed by atoms with Crippen LogP contribution in [0.4, 0.5) is 5.82 Å². The van der Waals surface area contributed by atoms with Gasteiger partial charge in [0.25, 0.3) is 5.91 Å². The summed E-state index contributed by atoms with van der Waals surface area (Å²) < 4.78 is 0. The van der Waals surface area contributed by atoms with Crippen molar-refractivity contribution in [3.05, 3.63) is 17.8 Å². The first-order valence-corrected chi connectivity index (χ1v) is 7.60. The Morgan fingerprint density at radius 2 is 2.05 bits per heavy atom. The van der Waals surface area contributed by atoms with Crippen molar-refractivity contribution < 1.29 is 4.79 Å². The van der Waals surface area contributed by atoms with Gasteiger partial charge in [0.2, 0.25) is 0 Å². The number of carbonyl (C=O) groups is 1. The van der Waals surface area contributed by atoms with E-state index in [0.717, 1.165) is 25.9 Å². The lowest BCUT2D eigenvalue weighted by molar-refractivity contribution is 0.0950. The molecule has 0 aliphatic carbocycles. The minimum absolute atomic E-state index is 0.187. The Hall–Kier alpha value is -1.69. The van der Waals surface area contributed by atoms with E-state index < -0.39 is 0 Å². The largest absolute Gasteiger partial charge is 0.369 e. The topological polar surface area (TPSA) is 70.2 Å². The van der Waals surface area contributed by atoms with Crippen molar-refractivity contribution in [2.45, 2.75) is 39.7 Å². The Balaban J connectivity index is 2.25. The lowest BCUT2D eigenvalue weighted by atomic mass is 10.2. The molecular formula is C15H27N5O. The van der Waals surface area contributed by atoms with Gasteiger partial charge < -0.3 is 15.5 Å². The average Bonchev–Trinajstić information content (AvgIpc) is 2.47. The number of anilines is 1. The zero-order valence-electron chi connectivity index (χ0n) is 13.5. The van der Waals surface area contributed by atoms with Crippen molar-refractivity contribution in [3.63, 3.8) is 0 Å². The smallest absolute Gasteiger partial charge is 0.271 e. The molecule has 2 N–H and O–H groups in total. The van der Waals surface area contributed by atoms with Gasteiger partial charge in [0.1, 0.15) is 5.82 Å². The molecule has 1 rings (SSSR count). The van der Waals surface area contributed by atoms with Crippen LogP contribution in [0.1, 0.15) is 44.1 Å². The first kappa shape index (κ1) is 17.4. The van der Waals surface area contributed by atoms with E-state index in [0.29, 0.717) is 24.1 Å². The van der Waals surface area contributed by atoms with Crippen molar-refractivity contribution in [3.8, 4) is 0 Å². The fourth-order valence-electron chi connectivity index (χ4n) is 1.76. The summed E-state index contributed by atoms with van der Waals surface area (Å²) in [5.74, 6) is 0.522. The molecule has 0 aliphatic heterocycles. The summed E-state index contributed by atoms with van der Waals surface area (Å²) in [6.07, 6.45) is 2.23. The van der Waals surface area contributed by atoms with Crippen LogP contribution in [0.2, 0.25) is 0 Å². The second-order valence-corrected chi connectivity index (χ2v) is 5.37. The quantitative estimate of drug-likeness (QED) is 0.679. The SMILES string of the molecule is CCNC(=O)c1ccc(NCCCCN(C)C(C)C)nn1. The van der Waals surface area contributed by atoms with Gasteiger partial charge in [-0.1, -0.05) is 0 Å². The Morgan fingerprint density at radius 3 is 2.62 bits per heavy atom. The summed E-state index contributed by atoms with van der Waals surface area (Å²) >= 11 is 0. The Kier molecular flexibility index (Phi) is 7.68. The number of nitrogens with zero attached hydrogens (tertiary/aromatic N) is 3. The molecule has 1 heterocycles. The molecule has 0 atom stereocenters. The van der Waals surface area contributed by atoms with Crippen LogP contribution in [0.5, 0.6) is 0 Å². The summed E-state index contributed by atoms with van der Waals surface area (Å²) in [6.45, 7) is 8.82. The number of amides is 1. The number of hydrogen-bond donors (Lipinski definition) is 2. The lowest BCUT2D eigenvalue weighted by Crippen LogP contribution is -2.27. The van der Waals surface area contributed by atoms with Crippen molar-refractivity contribution >= 4 is 11.7 Å². The molecule has 1 aromatic rings. The zero-order chi connectivity index (χ0) is 15.7. The van der Waals surface area contributed by atoms with Gasteiger partial charge in [-0.05, 0) is 59.3 Å². The third kappa shape index (κ3) is 6.53. The highest BCUT2D eigenvalue weighted by molar-refractivity contribution is 5.92. The molecule has 6 heteroatoms. The standard InChI is InChI=1S/C15H27N5O/c1-5-16-15(21)13-8-9-14(19-18-13)17-10-6-7-11-20(4)12(2)3/h8-9,12H,5-7,10-11H2,1-4H3,(H,16,21)(H,17,19). The van der Waals surface area contributed by atoms with Crippen molar-refractivity contribution in [1.82, 2.24) is 20.4 Å². The normalized spacial score (nSPS) is 11.0. The maximum absolute atomic E-state index is 11.5. The third-order valence-electron chi connectivity index (χ3n) is 3.36. The minimum atomic E-state index is -0.187. The van der Waals surface area contributed by atoms with E-state index in [4.69, 9.17) is 0 Å². The summed E-state index contributed by atoms with van der Waals surface area (Å²) in [5.41, 5.74) is 0.348. The second kappa shape index (κ2) is 9.28. The molecule has 21 heavy (non-hydrogen) atoms. The van der Waals surface area contributed by atoms with Gasteiger partial charge >= 0.3 is 0 Å². The molecule has 118 valence electrons. The molecule has 0 radical (unpaired) electrons. The van der Waals surface area contributed by atoms with E-state index in [2.05, 4.69) is 46.6 Å². The molecular weight excluding hydrogens is 266 g/mol. The van der Waals surface area contributed by atoms with Crippen LogP contribution in [0.3, 0.4) is 0 Å². The van der Waals surface area contributed by atoms with Crippen molar-refractivity contribution in [1.29, 1.82) is 0 Å². The number of unbranched alkanes of at least 4 members (excludes halogenated alkanes) is 1. The van der Waals surface area contributed by atoms with E-state index in [1.807, 2.05) is 6.92 Å². The monoisotopic (exact) mass is 293 g/mol. The second-order valence-electron chi connectivity index (χ2n) is 5.37. The van der Waals surface area contributed by atoms with Crippen molar-refractivity contribution in [2.24, 2.45) is 0 Å². The van der Waals surface area contributed by atoms with Crippen LogP contribution in [-0.2, 0) is 0 Å². The fraction of sp³-hybridized carbons (Fsp3) is 0.667. The van der Waals surface area contributed by atoms with Gasteiger partial charge in [0, 0.05) is 19.1 Å². The minimum Gasteiger partial charge on any atom is -0.369 e. The van der Waals surface area contributed by atoms with Crippen LogP contribution < -0.4 is 10.6 Å². The van der Waals surface area contributed by atoms with Crippen LogP contribution >= 0.6 is 0 Å². The fourth-order valence-corrected chi connectivity index (χ4v) is 1.76. The summed E-state index contributed by atoms with van der Waals surface area (Å²) in [4.78, 5) is 13.9. The van der Waals surface area contributed by atoms with E-state index >= 15 is 0 Å². The average molecular weight is 293 g/mol. The van der Waals surface area contributed by atoms with Gasteiger partial charge in [0.05, 0.1) is 0 Å². The van der Waals surface area contributed by atoms with Gasteiger partial charge in [0.15, 0.2) is 5.69 Å². The predicted octanol–water partition coefficient (Wildman–Crippen LogP) is 1.76. The number of rotatable bonds is 9. The van der Waals surface area contributed by atoms with Crippen LogP contribution in [0.15, 0.2) is 12.1 Å². The molecule has 1 aromatic heterocycles. The molecule has 0 saturated heterocycles. The van der Waals surface area contributed by atoms with E-state index in [1.165, 1.54) is 0 Å². The maximum Gasteiger partial charge on any atom is 0.271 e. The van der Waals surface area contributed by atoms with Crippen molar-refractivity contribution in [2.75, 3.05) is 32.0 Å². The summed E-state index contributed by atoms with van der Waals surface area (Å²) in [6, 6.07) is 4.07.